The second-order valence-corrected chi connectivity index (χ2v) is 5.24. The van der Waals surface area contributed by atoms with Gasteiger partial charge in [0.05, 0.1) is 11.2 Å². The maximum absolute atomic E-state index is 4.36. The summed E-state index contributed by atoms with van der Waals surface area (Å²) in [6, 6.07) is 0. The van der Waals surface area contributed by atoms with Crippen LogP contribution in [0, 0.1) is 5.92 Å². The summed E-state index contributed by atoms with van der Waals surface area (Å²) in [6.45, 7) is 7.97. The Morgan fingerprint density at radius 3 is 3.19 bits per heavy atom. The van der Waals surface area contributed by atoms with Crippen LogP contribution in [0.15, 0.2) is 10.9 Å². The van der Waals surface area contributed by atoms with Gasteiger partial charge in [0, 0.05) is 18.5 Å². The molecule has 3 nitrogen and oxygen atoms in total. The van der Waals surface area contributed by atoms with E-state index in [0.717, 1.165) is 19.0 Å². The van der Waals surface area contributed by atoms with Crippen LogP contribution in [0.3, 0.4) is 0 Å². The Bertz CT molecular complexity index is 280. The smallest absolute Gasteiger partial charge is 0.0795 e. The standard InChI is InChI=1S/C12H21N3S/c1-2-15(8-12-9-16-10-14-12)7-11-4-3-5-13-6-11/h9-11,13H,2-8H2,1H3. The topological polar surface area (TPSA) is 28.2 Å². The van der Waals surface area contributed by atoms with Gasteiger partial charge in [-0.15, -0.1) is 11.3 Å². The van der Waals surface area contributed by atoms with Crippen molar-refractivity contribution < 1.29 is 0 Å². The highest BCUT2D eigenvalue weighted by Gasteiger charge is 2.16. The van der Waals surface area contributed by atoms with E-state index < -0.39 is 0 Å². The van der Waals surface area contributed by atoms with Gasteiger partial charge in [-0.3, -0.25) is 4.90 Å². The average molecular weight is 239 g/mol. The fraction of sp³-hybridized carbons (Fsp3) is 0.750. The first-order valence-corrected chi connectivity index (χ1v) is 7.13. The third-order valence-electron chi connectivity index (χ3n) is 3.23. The summed E-state index contributed by atoms with van der Waals surface area (Å²) < 4.78 is 0. The molecule has 1 fully saturated rings. The molecule has 1 unspecified atom stereocenters. The van der Waals surface area contributed by atoms with Crippen molar-refractivity contribution in [2.75, 3.05) is 26.2 Å². The Hall–Kier alpha value is -0.450. The molecule has 16 heavy (non-hydrogen) atoms. The molecule has 0 bridgehead atoms. The summed E-state index contributed by atoms with van der Waals surface area (Å²) in [5, 5.41) is 5.64. The molecule has 1 aliphatic rings. The molecule has 1 aromatic rings. The van der Waals surface area contributed by atoms with Gasteiger partial charge in [-0.25, -0.2) is 4.98 Å². The van der Waals surface area contributed by atoms with Crippen LogP contribution in [0.25, 0.3) is 0 Å². The monoisotopic (exact) mass is 239 g/mol. The number of thiazole rings is 1. The maximum Gasteiger partial charge on any atom is 0.0795 e. The van der Waals surface area contributed by atoms with Gasteiger partial charge in [-0.05, 0) is 38.4 Å². The van der Waals surface area contributed by atoms with Crippen LogP contribution in [-0.2, 0) is 6.54 Å². The zero-order chi connectivity index (χ0) is 11.2. The Kier molecular flexibility index (Phi) is 4.75. The maximum atomic E-state index is 4.36. The van der Waals surface area contributed by atoms with E-state index in [0.29, 0.717) is 0 Å². The van der Waals surface area contributed by atoms with Crippen molar-refractivity contribution in [1.82, 2.24) is 15.2 Å². The van der Waals surface area contributed by atoms with Crippen molar-refractivity contribution in [3.63, 3.8) is 0 Å². The molecule has 1 atom stereocenters. The third kappa shape index (κ3) is 3.54. The zero-order valence-corrected chi connectivity index (χ0v) is 10.8. The molecule has 2 rings (SSSR count). The lowest BCUT2D eigenvalue weighted by molar-refractivity contribution is 0.208. The van der Waals surface area contributed by atoms with E-state index in [2.05, 4.69) is 27.5 Å². The van der Waals surface area contributed by atoms with Crippen LogP contribution in [0.4, 0.5) is 0 Å². The molecule has 1 N–H and O–H groups in total. The SMILES string of the molecule is CCN(Cc1cscn1)CC1CCCNC1. The Labute approximate surface area is 102 Å². The van der Waals surface area contributed by atoms with Crippen molar-refractivity contribution in [3.05, 3.63) is 16.6 Å². The fourth-order valence-corrected chi connectivity index (χ4v) is 2.84. The van der Waals surface area contributed by atoms with Crippen molar-refractivity contribution >= 4 is 11.3 Å². The molecule has 1 aromatic heterocycles. The van der Waals surface area contributed by atoms with E-state index in [1.807, 2.05) is 5.51 Å². The quantitative estimate of drug-likeness (QED) is 0.851. The molecule has 90 valence electrons. The zero-order valence-electron chi connectivity index (χ0n) is 9.98. The minimum absolute atomic E-state index is 0.826. The van der Waals surface area contributed by atoms with Gasteiger partial charge < -0.3 is 5.32 Å². The highest BCUT2D eigenvalue weighted by Crippen LogP contribution is 2.13. The number of hydrogen-bond donors (Lipinski definition) is 1. The molecule has 0 spiro atoms. The molecule has 0 amide bonds. The third-order valence-corrected chi connectivity index (χ3v) is 3.87. The first kappa shape index (κ1) is 12.0. The van der Waals surface area contributed by atoms with Gasteiger partial charge in [-0.2, -0.15) is 0 Å². The van der Waals surface area contributed by atoms with E-state index in [-0.39, 0.29) is 0 Å². The van der Waals surface area contributed by atoms with Crippen molar-refractivity contribution in [1.29, 1.82) is 0 Å². The minimum Gasteiger partial charge on any atom is -0.316 e. The normalized spacial score (nSPS) is 21.5. The largest absolute Gasteiger partial charge is 0.316 e. The van der Waals surface area contributed by atoms with E-state index in [1.165, 1.54) is 38.2 Å². The van der Waals surface area contributed by atoms with Crippen LogP contribution in [0.1, 0.15) is 25.5 Å². The number of hydrogen-bond acceptors (Lipinski definition) is 4. The second kappa shape index (κ2) is 6.33. The van der Waals surface area contributed by atoms with E-state index in [4.69, 9.17) is 0 Å². The van der Waals surface area contributed by atoms with Crippen molar-refractivity contribution in [3.8, 4) is 0 Å². The van der Waals surface area contributed by atoms with Gasteiger partial charge in [0.25, 0.3) is 0 Å². The van der Waals surface area contributed by atoms with Crippen molar-refractivity contribution in [2.45, 2.75) is 26.3 Å². The van der Waals surface area contributed by atoms with Crippen LogP contribution in [0.2, 0.25) is 0 Å². The van der Waals surface area contributed by atoms with Crippen molar-refractivity contribution in [2.24, 2.45) is 5.92 Å². The van der Waals surface area contributed by atoms with Gasteiger partial charge >= 0.3 is 0 Å². The Balaban J connectivity index is 1.80. The van der Waals surface area contributed by atoms with Gasteiger partial charge in [0.2, 0.25) is 0 Å². The summed E-state index contributed by atoms with van der Waals surface area (Å²) in [5.74, 6) is 0.826. The lowest BCUT2D eigenvalue weighted by Crippen LogP contribution is -2.38. The first-order valence-electron chi connectivity index (χ1n) is 6.18. The highest BCUT2D eigenvalue weighted by atomic mass is 32.1. The number of rotatable bonds is 5. The second-order valence-electron chi connectivity index (χ2n) is 4.52. The molecule has 0 aliphatic carbocycles. The summed E-state index contributed by atoms with van der Waals surface area (Å²) >= 11 is 1.69. The Morgan fingerprint density at radius 2 is 2.56 bits per heavy atom. The first-order chi connectivity index (χ1) is 7.88. The van der Waals surface area contributed by atoms with Crippen LogP contribution in [-0.4, -0.2) is 36.1 Å². The van der Waals surface area contributed by atoms with E-state index in [9.17, 15) is 0 Å². The minimum atomic E-state index is 0.826. The van der Waals surface area contributed by atoms with E-state index in [1.54, 1.807) is 11.3 Å². The summed E-state index contributed by atoms with van der Waals surface area (Å²) in [6.07, 6.45) is 2.71. The number of nitrogens with one attached hydrogen (secondary N) is 1. The van der Waals surface area contributed by atoms with Gasteiger partial charge in [0.1, 0.15) is 0 Å². The lowest BCUT2D eigenvalue weighted by Gasteiger charge is -2.28. The number of nitrogens with zero attached hydrogens (tertiary/aromatic N) is 2. The molecular formula is C12H21N3S. The Morgan fingerprint density at radius 1 is 1.62 bits per heavy atom. The van der Waals surface area contributed by atoms with Crippen LogP contribution >= 0.6 is 11.3 Å². The molecule has 1 saturated heterocycles. The van der Waals surface area contributed by atoms with Gasteiger partial charge in [-0.1, -0.05) is 6.92 Å². The summed E-state index contributed by atoms with van der Waals surface area (Å²) in [4.78, 5) is 6.86. The highest BCUT2D eigenvalue weighted by molar-refractivity contribution is 7.07. The lowest BCUT2D eigenvalue weighted by atomic mass is 9.99. The molecule has 0 saturated carbocycles. The van der Waals surface area contributed by atoms with Crippen LogP contribution < -0.4 is 5.32 Å². The fourth-order valence-electron chi connectivity index (χ4n) is 2.30. The predicted molar refractivity (Wildman–Crippen MR) is 68.7 cm³/mol. The molecule has 0 radical (unpaired) electrons. The number of aromatic nitrogens is 1. The molecule has 2 heterocycles. The molecule has 1 aliphatic heterocycles. The molecule has 4 heteroatoms. The van der Waals surface area contributed by atoms with Crippen LogP contribution in [0.5, 0.6) is 0 Å². The molecular weight excluding hydrogens is 218 g/mol. The average Bonchev–Trinajstić information content (AvgIpc) is 2.82. The molecule has 0 aromatic carbocycles. The van der Waals surface area contributed by atoms with E-state index >= 15 is 0 Å². The number of piperidine rings is 1. The summed E-state index contributed by atoms with van der Waals surface area (Å²) in [7, 11) is 0. The summed E-state index contributed by atoms with van der Waals surface area (Å²) in [5.41, 5.74) is 3.14. The predicted octanol–water partition coefficient (Wildman–Crippen LogP) is 1.96. The van der Waals surface area contributed by atoms with Gasteiger partial charge in [0.15, 0.2) is 0 Å².